The third-order valence-corrected chi connectivity index (χ3v) is 6.74. The van der Waals surface area contributed by atoms with Crippen molar-refractivity contribution in [2.75, 3.05) is 18.7 Å². The van der Waals surface area contributed by atoms with Gasteiger partial charge in [0.1, 0.15) is 5.75 Å². The van der Waals surface area contributed by atoms with Crippen LogP contribution in [0.4, 0.5) is 10.5 Å². The van der Waals surface area contributed by atoms with Gasteiger partial charge in [-0.1, -0.05) is 30.3 Å². The zero-order chi connectivity index (χ0) is 22.8. The van der Waals surface area contributed by atoms with E-state index in [9.17, 15) is 4.79 Å². The number of carbonyl (C=O) groups excluding carboxylic acids is 1. The summed E-state index contributed by atoms with van der Waals surface area (Å²) in [5.41, 5.74) is 5.06. The summed E-state index contributed by atoms with van der Waals surface area (Å²) >= 11 is 1.71. The van der Waals surface area contributed by atoms with Crippen molar-refractivity contribution in [3.8, 4) is 11.4 Å². The van der Waals surface area contributed by atoms with E-state index in [2.05, 4.69) is 64.8 Å². The van der Waals surface area contributed by atoms with E-state index < -0.39 is 0 Å². The average Bonchev–Trinajstić information content (AvgIpc) is 3.29. The van der Waals surface area contributed by atoms with Crippen LogP contribution in [0, 0.1) is 0 Å². The van der Waals surface area contributed by atoms with E-state index in [1.165, 1.54) is 4.90 Å². The Bertz CT molecular complexity index is 1270. The van der Waals surface area contributed by atoms with Crippen molar-refractivity contribution in [3.05, 3.63) is 108 Å². The summed E-state index contributed by atoms with van der Waals surface area (Å²) < 4.78 is 7.44. The van der Waals surface area contributed by atoms with Crippen LogP contribution in [-0.4, -0.2) is 28.9 Å². The second-order valence-corrected chi connectivity index (χ2v) is 8.77. The smallest absolute Gasteiger partial charge is 0.322 e. The van der Waals surface area contributed by atoms with Crippen LogP contribution >= 0.6 is 11.8 Å². The summed E-state index contributed by atoms with van der Waals surface area (Å²) in [4.78, 5) is 16.8. The molecule has 5 nitrogen and oxygen atoms in total. The number of carbonyl (C=O) groups is 1. The number of hydrogen-bond donors (Lipinski definition) is 1. The third kappa shape index (κ3) is 4.10. The Morgan fingerprint density at radius 2 is 1.73 bits per heavy atom. The normalized spacial score (nSPS) is 14.7. The molecule has 1 N–H and O–H groups in total. The van der Waals surface area contributed by atoms with Crippen molar-refractivity contribution in [2.24, 2.45) is 0 Å². The molecule has 0 saturated heterocycles. The number of thioether (sulfide) groups is 1. The highest BCUT2D eigenvalue weighted by atomic mass is 32.2. The highest BCUT2D eigenvalue weighted by molar-refractivity contribution is 7.98. The van der Waals surface area contributed by atoms with E-state index in [4.69, 9.17) is 4.74 Å². The van der Waals surface area contributed by atoms with Gasteiger partial charge in [-0.15, -0.1) is 11.8 Å². The first kappa shape index (κ1) is 21.2. The minimum absolute atomic E-state index is 0.149. The Labute approximate surface area is 198 Å². The van der Waals surface area contributed by atoms with Gasteiger partial charge in [0.25, 0.3) is 0 Å². The molecule has 33 heavy (non-hydrogen) atoms. The predicted molar refractivity (Wildman–Crippen MR) is 133 cm³/mol. The highest BCUT2D eigenvalue weighted by Crippen LogP contribution is 2.37. The molecular formula is C27H25N3O2S. The quantitative estimate of drug-likeness (QED) is 0.365. The maximum Gasteiger partial charge on any atom is 0.322 e. The zero-order valence-electron chi connectivity index (χ0n) is 18.6. The van der Waals surface area contributed by atoms with E-state index in [-0.39, 0.29) is 12.1 Å². The Kier molecular flexibility index (Phi) is 5.84. The molecule has 6 heteroatoms. The van der Waals surface area contributed by atoms with Crippen molar-refractivity contribution in [2.45, 2.75) is 17.5 Å². The SMILES string of the molecule is COc1ccc(NC(=O)N2Cc3ccccc3-n3cccc3[C@H]2c2ccc(SC)cc2)cc1. The van der Waals surface area contributed by atoms with Gasteiger partial charge in [0, 0.05) is 22.5 Å². The fourth-order valence-corrected chi connectivity index (χ4v) is 4.75. The van der Waals surface area contributed by atoms with Crippen LogP contribution in [0.2, 0.25) is 0 Å². The molecule has 0 spiro atoms. The topological polar surface area (TPSA) is 46.5 Å². The molecule has 2 amide bonds. The lowest BCUT2D eigenvalue weighted by Crippen LogP contribution is -2.37. The number of methoxy groups -OCH3 is 1. The molecule has 4 aromatic rings. The van der Waals surface area contributed by atoms with Crippen LogP contribution < -0.4 is 10.1 Å². The summed E-state index contributed by atoms with van der Waals surface area (Å²) in [5.74, 6) is 0.751. The standard InChI is InChI=1S/C27H25N3O2S/c1-32-22-13-11-21(12-14-22)28-27(31)30-18-20-6-3-4-7-24(20)29-17-5-8-25(29)26(30)19-9-15-23(33-2)16-10-19/h3-17,26H,18H2,1-2H3,(H,28,31)/t26-/m1/s1. The van der Waals surface area contributed by atoms with Crippen molar-refractivity contribution < 1.29 is 9.53 Å². The molecule has 0 radical (unpaired) electrons. The highest BCUT2D eigenvalue weighted by Gasteiger charge is 2.33. The molecule has 1 aliphatic heterocycles. The Balaban J connectivity index is 1.58. The number of urea groups is 1. The van der Waals surface area contributed by atoms with Crippen LogP contribution in [0.5, 0.6) is 5.75 Å². The van der Waals surface area contributed by atoms with Crippen LogP contribution in [0.15, 0.2) is 96.0 Å². The van der Waals surface area contributed by atoms with Crippen LogP contribution in [0.3, 0.4) is 0 Å². The fraction of sp³-hybridized carbons (Fsp3) is 0.148. The number of amides is 2. The third-order valence-electron chi connectivity index (χ3n) is 6.00. The minimum atomic E-state index is -0.235. The van der Waals surface area contributed by atoms with Gasteiger partial charge in [0.05, 0.1) is 25.4 Å². The maximum absolute atomic E-state index is 13.7. The maximum atomic E-state index is 13.7. The lowest BCUT2D eigenvalue weighted by Gasteiger charge is -2.31. The second kappa shape index (κ2) is 9.08. The Hall–Kier alpha value is -3.64. The summed E-state index contributed by atoms with van der Waals surface area (Å²) in [5, 5.41) is 3.08. The molecule has 0 unspecified atom stereocenters. The monoisotopic (exact) mass is 455 g/mol. The van der Waals surface area contributed by atoms with Gasteiger partial charge in [-0.3, -0.25) is 0 Å². The van der Waals surface area contributed by atoms with Crippen molar-refractivity contribution in [3.63, 3.8) is 0 Å². The molecule has 0 bridgehead atoms. The number of para-hydroxylation sites is 1. The number of nitrogens with one attached hydrogen (secondary N) is 1. The molecular weight excluding hydrogens is 430 g/mol. The van der Waals surface area contributed by atoms with Crippen molar-refractivity contribution in [1.82, 2.24) is 9.47 Å². The first-order chi connectivity index (χ1) is 16.2. The van der Waals surface area contributed by atoms with Gasteiger partial charge in [-0.05, 0) is 72.0 Å². The van der Waals surface area contributed by atoms with Gasteiger partial charge in [-0.2, -0.15) is 0 Å². The lowest BCUT2D eigenvalue weighted by atomic mass is 10.0. The molecule has 0 aliphatic carbocycles. The van der Waals surface area contributed by atoms with Gasteiger partial charge in [-0.25, -0.2) is 4.79 Å². The number of fused-ring (bicyclic) bond motifs is 3. The number of hydrogen-bond acceptors (Lipinski definition) is 3. The Morgan fingerprint density at radius 1 is 0.970 bits per heavy atom. The first-order valence-electron chi connectivity index (χ1n) is 10.8. The molecule has 0 saturated carbocycles. The largest absolute Gasteiger partial charge is 0.497 e. The minimum Gasteiger partial charge on any atom is -0.497 e. The van der Waals surface area contributed by atoms with Gasteiger partial charge >= 0.3 is 6.03 Å². The zero-order valence-corrected chi connectivity index (χ0v) is 19.4. The number of ether oxygens (including phenoxy) is 1. The molecule has 166 valence electrons. The number of aromatic nitrogens is 1. The molecule has 3 aromatic carbocycles. The van der Waals surface area contributed by atoms with E-state index >= 15 is 0 Å². The first-order valence-corrected chi connectivity index (χ1v) is 12.0. The van der Waals surface area contributed by atoms with Gasteiger partial charge in [0.2, 0.25) is 0 Å². The summed E-state index contributed by atoms with van der Waals surface area (Å²) in [6, 6.07) is 27.9. The molecule has 1 atom stereocenters. The van der Waals surface area contributed by atoms with E-state index in [0.717, 1.165) is 33.9 Å². The summed E-state index contributed by atoms with van der Waals surface area (Å²) in [6.07, 6.45) is 4.14. The molecule has 5 rings (SSSR count). The number of benzene rings is 3. The van der Waals surface area contributed by atoms with Gasteiger partial charge in [0.15, 0.2) is 0 Å². The van der Waals surface area contributed by atoms with Crippen molar-refractivity contribution >= 4 is 23.5 Å². The van der Waals surface area contributed by atoms with Crippen LogP contribution in [0.1, 0.15) is 22.9 Å². The van der Waals surface area contributed by atoms with E-state index in [0.29, 0.717) is 6.54 Å². The van der Waals surface area contributed by atoms with Crippen LogP contribution in [0.25, 0.3) is 5.69 Å². The molecule has 2 heterocycles. The van der Waals surface area contributed by atoms with E-state index in [1.54, 1.807) is 18.9 Å². The molecule has 0 fully saturated rings. The summed E-state index contributed by atoms with van der Waals surface area (Å²) in [6.45, 7) is 0.495. The molecule has 1 aromatic heterocycles. The van der Waals surface area contributed by atoms with Crippen LogP contribution in [-0.2, 0) is 6.54 Å². The average molecular weight is 456 g/mol. The fourth-order valence-electron chi connectivity index (χ4n) is 4.35. The van der Waals surface area contributed by atoms with E-state index in [1.807, 2.05) is 47.4 Å². The molecule has 1 aliphatic rings. The number of rotatable bonds is 4. The number of anilines is 1. The lowest BCUT2D eigenvalue weighted by molar-refractivity contribution is 0.194. The Morgan fingerprint density at radius 3 is 2.45 bits per heavy atom. The van der Waals surface area contributed by atoms with Gasteiger partial charge < -0.3 is 19.5 Å². The second-order valence-electron chi connectivity index (χ2n) is 7.89. The van der Waals surface area contributed by atoms with Crippen molar-refractivity contribution in [1.29, 1.82) is 0 Å². The predicted octanol–water partition coefficient (Wildman–Crippen LogP) is 6.34. The number of nitrogens with zero attached hydrogens (tertiary/aromatic N) is 2. The summed E-state index contributed by atoms with van der Waals surface area (Å²) in [7, 11) is 1.63.